The van der Waals surface area contributed by atoms with Crippen LogP contribution in [0.2, 0.25) is 5.02 Å². The van der Waals surface area contributed by atoms with Gasteiger partial charge in [0.1, 0.15) is 0 Å². The number of carbonyl (C=O) groups is 1. The fourth-order valence-electron chi connectivity index (χ4n) is 2.01. The minimum atomic E-state index is 0.0952. The molecule has 0 spiro atoms. The molecule has 1 amide bonds. The molecule has 1 aliphatic rings. The molecule has 1 aromatic carbocycles. The van der Waals surface area contributed by atoms with Gasteiger partial charge < -0.3 is 5.32 Å². The van der Waals surface area contributed by atoms with E-state index >= 15 is 0 Å². The fraction of sp³-hybridized carbons (Fsp3) is 0.312. The smallest absolute Gasteiger partial charge is 0.224 e. The average molecular weight is 274 g/mol. The second kappa shape index (κ2) is 7.01. The number of nitrogens with one attached hydrogen (secondary N) is 1. The number of allylic oxidation sites excluding steroid dienone is 2. The van der Waals surface area contributed by atoms with Crippen molar-refractivity contribution in [3.8, 4) is 11.8 Å². The summed E-state index contributed by atoms with van der Waals surface area (Å²) >= 11 is 5.99. The lowest BCUT2D eigenvalue weighted by molar-refractivity contribution is -0.124. The Kier molecular flexibility index (Phi) is 5.06. The Morgan fingerprint density at radius 2 is 2.21 bits per heavy atom. The summed E-state index contributed by atoms with van der Waals surface area (Å²) < 4.78 is 0. The molecule has 0 heterocycles. The van der Waals surface area contributed by atoms with Crippen LogP contribution < -0.4 is 5.32 Å². The van der Waals surface area contributed by atoms with E-state index in [0.717, 1.165) is 24.8 Å². The maximum absolute atomic E-state index is 11.8. The van der Waals surface area contributed by atoms with Crippen LogP contribution in [0.5, 0.6) is 0 Å². The van der Waals surface area contributed by atoms with Crippen molar-refractivity contribution in [1.82, 2.24) is 5.32 Å². The quantitative estimate of drug-likeness (QED) is 0.651. The highest BCUT2D eigenvalue weighted by Gasteiger charge is 2.17. The average Bonchev–Trinajstić information content (AvgIpc) is 2.46. The van der Waals surface area contributed by atoms with Crippen molar-refractivity contribution in [2.75, 3.05) is 6.54 Å². The van der Waals surface area contributed by atoms with E-state index in [1.807, 2.05) is 18.2 Å². The van der Waals surface area contributed by atoms with Gasteiger partial charge in [0.2, 0.25) is 5.91 Å². The number of halogens is 1. The molecular formula is C16H16ClNO. The molecule has 0 aliphatic heterocycles. The third-order valence-electron chi connectivity index (χ3n) is 3.09. The SMILES string of the molecule is O=C(NCC#Cc1ccccc1Cl)C1CC=CCC1. The Morgan fingerprint density at radius 3 is 2.95 bits per heavy atom. The summed E-state index contributed by atoms with van der Waals surface area (Å²) in [6.45, 7) is 0.365. The van der Waals surface area contributed by atoms with Crippen LogP contribution in [0.25, 0.3) is 0 Å². The Balaban J connectivity index is 1.82. The van der Waals surface area contributed by atoms with E-state index in [1.165, 1.54) is 0 Å². The highest BCUT2D eigenvalue weighted by Crippen LogP contribution is 2.17. The molecule has 98 valence electrons. The third kappa shape index (κ3) is 4.15. The van der Waals surface area contributed by atoms with E-state index in [-0.39, 0.29) is 11.8 Å². The third-order valence-corrected chi connectivity index (χ3v) is 3.42. The van der Waals surface area contributed by atoms with E-state index in [9.17, 15) is 4.79 Å². The second-order valence-corrected chi connectivity index (χ2v) is 4.89. The summed E-state index contributed by atoms with van der Waals surface area (Å²) in [4.78, 5) is 11.8. The van der Waals surface area contributed by atoms with Gasteiger partial charge in [-0.3, -0.25) is 4.79 Å². The number of hydrogen-bond donors (Lipinski definition) is 1. The van der Waals surface area contributed by atoms with Gasteiger partial charge in [0, 0.05) is 11.5 Å². The Hall–Kier alpha value is -1.72. The molecule has 19 heavy (non-hydrogen) atoms. The van der Waals surface area contributed by atoms with Gasteiger partial charge in [-0.1, -0.05) is 47.7 Å². The van der Waals surface area contributed by atoms with Gasteiger partial charge in [0.15, 0.2) is 0 Å². The first kappa shape index (κ1) is 13.7. The molecule has 3 heteroatoms. The summed E-state index contributed by atoms with van der Waals surface area (Å²) in [7, 11) is 0. The molecule has 1 aliphatic carbocycles. The van der Waals surface area contributed by atoms with Crippen molar-refractivity contribution in [3.05, 3.63) is 47.0 Å². The summed E-state index contributed by atoms with van der Waals surface area (Å²) in [6, 6.07) is 7.43. The van der Waals surface area contributed by atoms with Gasteiger partial charge >= 0.3 is 0 Å². The van der Waals surface area contributed by atoms with Crippen LogP contribution in [0.4, 0.5) is 0 Å². The molecule has 0 saturated heterocycles. The van der Waals surface area contributed by atoms with Gasteiger partial charge in [-0.2, -0.15) is 0 Å². The lowest BCUT2D eigenvalue weighted by Crippen LogP contribution is -2.31. The van der Waals surface area contributed by atoms with Crippen molar-refractivity contribution >= 4 is 17.5 Å². The Morgan fingerprint density at radius 1 is 1.37 bits per heavy atom. The Bertz CT molecular complexity index is 539. The summed E-state index contributed by atoms with van der Waals surface area (Å²) in [6.07, 6.45) is 6.96. The highest BCUT2D eigenvalue weighted by atomic mass is 35.5. The number of carbonyl (C=O) groups excluding carboxylic acids is 1. The predicted octanol–water partition coefficient (Wildman–Crippen LogP) is 3.16. The summed E-state index contributed by atoms with van der Waals surface area (Å²) in [5.41, 5.74) is 0.791. The van der Waals surface area contributed by atoms with Gasteiger partial charge in [0.25, 0.3) is 0 Å². The topological polar surface area (TPSA) is 29.1 Å². The first-order chi connectivity index (χ1) is 9.27. The van der Waals surface area contributed by atoms with Crippen LogP contribution in [0.3, 0.4) is 0 Å². The number of rotatable bonds is 2. The standard InChI is InChI=1S/C16H16ClNO/c17-15-11-5-4-7-13(15)10-6-12-18-16(19)14-8-2-1-3-9-14/h1-2,4-5,7,11,14H,3,8-9,12H2,(H,18,19). The van der Waals surface area contributed by atoms with Crippen molar-refractivity contribution in [1.29, 1.82) is 0 Å². The largest absolute Gasteiger partial charge is 0.345 e. The molecule has 1 N–H and O–H groups in total. The molecule has 1 unspecified atom stereocenters. The van der Waals surface area contributed by atoms with Gasteiger partial charge in [0.05, 0.1) is 11.6 Å². The second-order valence-electron chi connectivity index (χ2n) is 4.48. The van der Waals surface area contributed by atoms with E-state index in [0.29, 0.717) is 11.6 Å². The zero-order valence-electron chi connectivity index (χ0n) is 10.7. The fourth-order valence-corrected chi connectivity index (χ4v) is 2.19. The minimum absolute atomic E-state index is 0.0952. The normalized spacial score (nSPS) is 17.4. The lowest BCUT2D eigenvalue weighted by Gasteiger charge is -2.16. The molecular weight excluding hydrogens is 258 g/mol. The minimum Gasteiger partial charge on any atom is -0.345 e. The maximum atomic E-state index is 11.8. The Labute approximate surface area is 118 Å². The van der Waals surface area contributed by atoms with Crippen molar-refractivity contribution in [3.63, 3.8) is 0 Å². The number of benzene rings is 1. The first-order valence-electron chi connectivity index (χ1n) is 6.43. The summed E-state index contributed by atoms with van der Waals surface area (Å²) in [5, 5.41) is 3.49. The van der Waals surface area contributed by atoms with E-state index < -0.39 is 0 Å². The van der Waals surface area contributed by atoms with Crippen LogP contribution in [-0.2, 0) is 4.79 Å². The molecule has 0 bridgehead atoms. The first-order valence-corrected chi connectivity index (χ1v) is 6.81. The van der Waals surface area contributed by atoms with E-state index in [2.05, 4.69) is 29.3 Å². The monoisotopic (exact) mass is 273 g/mol. The zero-order chi connectivity index (χ0) is 13.5. The van der Waals surface area contributed by atoms with Crippen LogP contribution in [0.15, 0.2) is 36.4 Å². The maximum Gasteiger partial charge on any atom is 0.224 e. The number of hydrogen-bond acceptors (Lipinski definition) is 1. The van der Waals surface area contributed by atoms with Crippen molar-refractivity contribution in [2.45, 2.75) is 19.3 Å². The molecule has 0 saturated carbocycles. The predicted molar refractivity (Wildman–Crippen MR) is 77.8 cm³/mol. The van der Waals surface area contributed by atoms with Gasteiger partial charge in [-0.05, 0) is 31.4 Å². The lowest BCUT2D eigenvalue weighted by atomic mass is 9.94. The molecule has 2 rings (SSSR count). The molecule has 2 nitrogen and oxygen atoms in total. The summed E-state index contributed by atoms with van der Waals surface area (Å²) in [5.74, 6) is 6.09. The number of amides is 1. The zero-order valence-corrected chi connectivity index (χ0v) is 11.4. The molecule has 0 aromatic heterocycles. The molecule has 1 aromatic rings. The molecule has 0 radical (unpaired) electrons. The van der Waals surface area contributed by atoms with Crippen LogP contribution in [0, 0.1) is 17.8 Å². The van der Waals surface area contributed by atoms with E-state index in [1.54, 1.807) is 6.07 Å². The van der Waals surface area contributed by atoms with Crippen molar-refractivity contribution < 1.29 is 4.79 Å². The van der Waals surface area contributed by atoms with E-state index in [4.69, 9.17) is 11.6 Å². The molecule has 0 fully saturated rings. The molecule has 1 atom stereocenters. The van der Waals surface area contributed by atoms with Crippen molar-refractivity contribution in [2.24, 2.45) is 5.92 Å². The van der Waals surface area contributed by atoms with Crippen LogP contribution in [-0.4, -0.2) is 12.5 Å². The highest BCUT2D eigenvalue weighted by molar-refractivity contribution is 6.31. The van der Waals surface area contributed by atoms with Crippen LogP contribution >= 0.6 is 11.6 Å². The van der Waals surface area contributed by atoms with Crippen LogP contribution in [0.1, 0.15) is 24.8 Å². The van der Waals surface area contributed by atoms with Gasteiger partial charge in [-0.15, -0.1) is 0 Å². The van der Waals surface area contributed by atoms with Gasteiger partial charge in [-0.25, -0.2) is 0 Å².